The van der Waals surface area contributed by atoms with Crippen molar-refractivity contribution >= 4 is 17.8 Å². The highest BCUT2D eigenvalue weighted by Crippen LogP contribution is 2.58. The molecule has 1 aromatic rings. The molecule has 0 radical (unpaired) electrons. The van der Waals surface area contributed by atoms with Gasteiger partial charge >= 0.3 is 5.97 Å². The molecule has 2 saturated heterocycles. The third kappa shape index (κ3) is 4.79. The van der Waals surface area contributed by atoms with E-state index >= 15 is 0 Å². The molecule has 4 heterocycles. The van der Waals surface area contributed by atoms with Crippen LogP contribution in [0.2, 0.25) is 0 Å². The molecule has 1 unspecified atom stereocenters. The van der Waals surface area contributed by atoms with E-state index in [1.54, 1.807) is 9.80 Å². The Morgan fingerprint density at radius 1 is 1.02 bits per heavy atom. The molecule has 6 atom stereocenters. The molecule has 216 valence electrons. The summed E-state index contributed by atoms with van der Waals surface area (Å²) in [4.78, 5) is 46.1. The molecule has 1 spiro atoms. The summed E-state index contributed by atoms with van der Waals surface area (Å²) in [5.41, 5.74) is -1.47. The van der Waals surface area contributed by atoms with E-state index in [0.717, 1.165) is 37.7 Å². The summed E-state index contributed by atoms with van der Waals surface area (Å²) in [6.07, 6.45) is 12.8. The van der Waals surface area contributed by atoms with Crippen LogP contribution < -0.4 is 0 Å². The number of ether oxygens (including phenoxy) is 2. The molecule has 1 aromatic carbocycles. The van der Waals surface area contributed by atoms with Gasteiger partial charge in [-0.25, -0.2) is 0 Å². The van der Waals surface area contributed by atoms with Crippen LogP contribution in [0.5, 0.6) is 0 Å². The van der Waals surface area contributed by atoms with E-state index in [-0.39, 0.29) is 25.0 Å². The largest absolute Gasteiger partial charge is 0.465 e. The van der Waals surface area contributed by atoms with Crippen LogP contribution >= 0.6 is 0 Å². The molecule has 4 aliphatic rings. The van der Waals surface area contributed by atoms with Crippen molar-refractivity contribution in [1.29, 1.82) is 0 Å². The molecule has 5 rings (SSSR count). The molecular weight excluding hydrogens is 508 g/mol. The second-order valence-electron chi connectivity index (χ2n) is 11.5. The van der Waals surface area contributed by atoms with Gasteiger partial charge in [-0.2, -0.15) is 0 Å². The zero-order valence-electron chi connectivity index (χ0n) is 23.7. The maximum absolute atomic E-state index is 14.6. The topological polar surface area (TPSA) is 96.4 Å². The Morgan fingerprint density at radius 3 is 2.55 bits per heavy atom. The van der Waals surface area contributed by atoms with Crippen molar-refractivity contribution in [3.63, 3.8) is 0 Å². The Hall–Kier alpha value is -2.97. The number of carbonyl (C=O) groups is 3. The quantitative estimate of drug-likeness (QED) is 0.394. The first-order chi connectivity index (χ1) is 19.4. The highest BCUT2D eigenvalue weighted by molar-refractivity contribution is 5.99. The number of esters is 1. The first kappa shape index (κ1) is 28.6. The fourth-order valence-corrected chi connectivity index (χ4v) is 7.10. The number of fused-ring (bicyclic) bond motifs is 2. The summed E-state index contributed by atoms with van der Waals surface area (Å²) in [7, 11) is 0. The molecular formula is C32H42N2O6. The second-order valence-corrected chi connectivity index (χ2v) is 11.5. The smallest absolute Gasteiger partial charge is 0.313 e. The van der Waals surface area contributed by atoms with Crippen molar-refractivity contribution in [3.05, 3.63) is 60.2 Å². The van der Waals surface area contributed by atoms with E-state index in [1.807, 2.05) is 61.6 Å². The fraction of sp³-hybridized carbons (Fsp3) is 0.594. The fourth-order valence-electron chi connectivity index (χ4n) is 7.10. The number of carbonyl (C=O) groups excluding carboxylic acids is 3. The first-order valence-electron chi connectivity index (χ1n) is 14.9. The van der Waals surface area contributed by atoms with E-state index in [0.29, 0.717) is 25.9 Å². The van der Waals surface area contributed by atoms with Gasteiger partial charge in [0.2, 0.25) is 11.8 Å². The summed E-state index contributed by atoms with van der Waals surface area (Å²) in [6, 6.07) is 7.99. The molecule has 40 heavy (non-hydrogen) atoms. The summed E-state index contributed by atoms with van der Waals surface area (Å²) in [5.74, 6) is -2.83. The maximum atomic E-state index is 14.6. The summed E-state index contributed by atoms with van der Waals surface area (Å²) in [5, 5.41) is 10.6. The molecule has 0 saturated carbocycles. The number of aliphatic hydroxyl groups excluding tert-OH is 1. The third-order valence-corrected chi connectivity index (χ3v) is 9.10. The number of hydrogen-bond acceptors (Lipinski definition) is 6. The lowest BCUT2D eigenvalue weighted by atomic mass is 9.73. The zero-order valence-corrected chi connectivity index (χ0v) is 23.7. The number of hydrogen-bond donors (Lipinski definition) is 1. The average Bonchev–Trinajstić information content (AvgIpc) is 3.33. The highest BCUT2D eigenvalue weighted by Gasteiger charge is 2.75. The van der Waals surface area contributed by atoms with E-state index < -0.39 is 41.1 Å². The van der Waals surface area contributed by atoms with Crippen LogP contribution in [-0.2, 0) is 30.3 Å². The van der Waals surface area contributed by atoms with Gasteiger partial charge in [-0.15, -0.1) is 0 Å². The number of unbranched alkanes of at least 4 members (excludes halogenated alkanes) is 1. The number of aliphatic hydroxyl groups is 1. The van der Waals surface area contributed by atoms with Crippen molar-refractivity contribution in [2.75, 3.05) is 26.3 Å². The van der Waals surface area contributed by atoms with E-state index in [9.17, 15) is 19.5 Å². The number of amides is 2. The van der Waals surface area contributed by atoms with Crippen LogP contribution in [0, 0.1) is 11.8 Å². The Morgan fingerprint density at radius 2 is 1.82 bits per heavy atom. The first-order valence-corrected chi connectivity index (χ1v) is 14.9. The van der Waals surface area contributed by atoms with Gasteiger partial charge in [0.15, 0.2) is 0 Å². The van der Waals surface area contributed by atoms with E-state index in [2.05, 4.69) is 6.92 Å². The number of cyclic esters (lactones) is 1. The van der Waals surface area contributed by atoms with Gasteiger partial charge in [0.1, 0.15) is 23.2 Å². The van der Waals surface area contributed by atoms with Gasteiger partial charge in [0.25, 0.3) is 0 Å². The van der Waals surface area contributed by atoms with E-state index in [1.165, 1.54) is 0 Å². The van der Waals surface area contributed by atoms with Crippen LogP contribution in [0.15, 0.2) is 54.6 Å². The van der Waals surface area contributed by atoms with Gasteiger partial charge in [0.05, 0.1) is 25.2 Å². The Labute approximate surface area is 237 Å². The number of likely N-dealkylation sites (tertiary alicyclic amines) is 1. The van der Waals surface area contributed by atoms with Gasteiger partial charge in [0, 0.05) is 13.1 Å². The number of benzene rings is 1. The summed E-state index contributed by atoms with van der Waals surface area (Å²) in [6.45, 7) is 4.96. The van der Waals surface area contributed by atoms with E-state index in [4.69, 9.17) is 9.47 Å². The third-order valence-electron chi connectivity index (χ3n) is 9.10. The number of rotatable bonds is 8. The van der Waals surface area contributed by atoms with Crippen LogP contribution in [0.3, 0.4) is 0 Å². The molecule has 1 N–H and O–H groups in total. The van der Waals surface area contributed by atoms with Crippen LogP contribution in [0.4, 0.5) is 0 Å². The number of allylic oxidation sites excluding steroid dienone is 1. The summed E-state index contributed by atoms with van der Waals surface area (Å²) < 4.78 is 12.8. The van der Waals surface area contributed by atoms with Crippen molar-refractivity contribution in [1.82, 2.24) is 9.80 Å². The van der Waals surface area contributed by atoms with Crippen molar-refractivity contribution < 1.29 is 29.0 Å². The van der Waals surface area contributed by atoms with Crippen molar-refractivity contribution in [3.8, 4) is 0 Å². The number of nitrogens with zero attached hydrogens (tertiary/aromatic N) is 2. The minimum absolute atomic E-state index is 0.201. The lowest BCUT2D eigenvalue weighted by Crippen LogP contribution is -2.59. The molecule has 8 nitrogen and oxygen atoms in total. The minimum atomic E-state index is -1.35. The second kappa shape index (κ2) is 11.9. The molecule has 0 bridgehead atoms. The lowest BCUT2D eigenvalue weighted by Gasteiger charge is -2.41. The Balaban J connectivity index is 1.65. The van der Waals surface area contributed by atoms with Crippen LogP contribution in [0.1, 0.15) is 57.9 Å². The molecule has 8 heteroatoms. The summed E-state index contributed by atoms with van der Waals surface area (Å²) >= 11 is 0. The molecule has 2 amide bonds. The standard InChI is InChI=1S/C32H42N2O6/c1-3-5-18-33-19-13-17-32-25(26-30(38)39-20-12-7-6-11-16-31(26,4-2)40-32)28(36)34(27(32)29(33)37)24(22-35)21-23-14-9-8-10-15-23/h8-11,13-17,24-27,35H,3-7,12,18-22H2,1-2H3/b16-11-/t24-,25+,26-,27?,31+,32+/m1/s1. The van der Waals surface area contributed by atoms with Gasteiger partial charge in [-0.3, -0.25) is 14.4 Å². The highest BCUT2D eigenvalue weighted by atomic mass is 16.6. The van der Waals surface area contributed by atoms with Gasteiger partial charge in [-0.1, -0.05) is 74.9 Å². The van der Waals surface area contributed by atoms with Crippen LogP contribution in [-0.4, -0.2) is 82.3 Å². The molecule has 4 aliphatic heterocycles. The SMILES string of the molecule is CCCCN1CC=C[C@]23O[C@@]4(CC)/C=C\CCCCOC(=O)[C@H]4[C@H]2C(=O)N([C@@H](CO)Cc2ccccc2)C3C1=O. The van der Waals surface area contributed by atoms with Crippen LogP contribution in [0.25, 0.3) is 0 Å². The van der Waals surface area contributed by atoms with Gasteiger partial charge in [-0.05, 0) is 44.1 Å². The normalized spacial score (nSPS) is 33.6. The monoisotopic (exact) mass is 550 g/mol. The Kier molecular flexibility index (Phi) is 8.47. The molecule has 0 aromatic heterocycles. The predicted molar refractivity (Wildman–Crippen MR) is 150 cm³/mol. The minimum Gasteiger partial charge on any atom is -0.465 e. The van der Waals surface area contributed by atoms with Crippen molar-refractivity contribution in [2.45, 2.75) is 82.1 Å². The lowest BCUT2D eigenvalue weighted by molar-refractivity contribution is -0.163. The maximum Gasteiger partial charge on any atom is 0.313 e. The Bertz CT molecular complexity index is 1150. The van der Waals surface area contributed by atoms with Gasteiger partial charge < -0.3 is 24.4 Å². The van der Waals surface area contributed by atoms with Crippen molar-refractivity contribution in [2.24, 2.45) is 11.8 Å². The average molecular weight is 551 g/mol. The predicted octanol–water partition coefficient (Wildman–Crippen LogP) is 3.43. The molecule has 2 fully saturated rings. The zero-order chi connectivity index (χ0) is 28.3. The molecule has 0 aliphatic carbocycles.